The Morgan fingerprint density at radius 2 is 2.25 bits per heavy atom. The summed E-state index contributed by atoms with van der Waals surface area (Å²) in [6, 6.07) is 0.437. The maximum Gasteiger partial charge on any atom is 0.318 e. The summed E-state index contributed by atoms with van der Waals surface area (Å²) in [5.74, 6) is 1.34. The fraction of sp³-hybridized carbons (Fsp3) is 0.818. The molecule has 0 spiro atoms. The Labute approximate surface area is 96.0 Å². The summed E-state index contributed by atoms with van der Waals surface area (Å²) in [5, 5.41) is 8.03. The predicted octanol–water partition coefficient (Wildman–Crippen LogP) is 1.72. The van der Waals surface area contributed by atoms with Crippen molar-refractivity contribution in [3.05, 3.63) is 5.89 Å². The molecule has 0 bridgehead atoms. The third-order valence-corrected chi connectivity index (χ3v) is 2.76. The SMILES string of the molecule is CCCN(CC1CC1)c1nnc(C(C)N)o1. The van der Waals surface area contributed by atoms with Gasteiger partial charge in [-0.25, -0.2) is 0 Å². The molecule has 0 aromatic carbocycles. The van der Waals surface area contributed by atoms with Crippen LogP contribution in [0.5, 0.6) is 0 Å². The van der Waals surface area contributed by atoms with Gasteiger partial charge in [-0.1, -0.05) is 12.0 Å². The molecule has 1 heterocycles. The Bertz CT molecular complexity index is 332. The van der Waals surface area contributed by atoms with E-state index in [1.165, 1.54) is 12.8 Å². The molecule has 1 aromatic rings. The number of nitrogens with two attached hydrogens (primary N) is 1. The normalized spacial score (nSPS) is 17.4. The quantitative estimate of drug-likeness (QED) is 0.796. The zero-order valence-electron chi connectivity index (χ0n) is 10.0. The first-order chi connectivity index (χ1) is 7.70. The lowest BCUT2D eigenvalue weighted by Crippen LogP contribution is -2.26. The highest BCUT2D eigenvalue weighted by Crippen LogP contribution is 2.31. The van der Waals surface area contributed by atoms with Gasteiger partial charge < -0.3 is 15.1 Å². The molecule has 2 rings (SSSR count). The molecule has 5 nitrogen and oxygen atoms in total. The van der Waals surface area contributed by atoms with Crippen LogP contribution >= 0.6 is 0 Å². The lowest BCUT2D eigenvalue weighted by atomic mass is 10.3. The van der Waals surface area contributed by atoms with Gasteiger partial charge in [-0.2, -0.15) is 0 Å². The molecule has 1 aliphatic rings. The molecule has 1 aromatic heterocycles. The van der Waals surface area contributed by atoms with Crippen molar-refractivity contribution < 1.29 is 4.42 Å². The van der Waals surface area contributed by atoms with Gasteiger partial charge in [0.05, 0.1) is 6.04 Å². The molecule has 2 N–H and O–H groups in total. The second-order valence-corrected chi connectivity index (χ2v) is 4.60. The van der Waals surface area contributed by atoms with Crippen molar-refractivity contribution in [1.29, 1.82) is 0 Å². The number of aromatic nitrogens is 2. The van der Waals surface area contributed by atoms with E-state index in [1.807, 2.05) is 6.92 Å². The molecule has 1 unspecified atom stereocenters. The summed E-state index contributed by atoms with van der Waals surface area (Å²) in [4.78, 5) is 2.18. The highest BCUT2D eigenvalue weighted by Gasteiger charge is 2.26. The van der Waals surface area contributed by atoms with Gasteiger partial charge in [0.25, 0.3) is 0 Å². The average molecular weight is 224 g/mol. The molecule has 1 saturated carbocycles. The van der Waals surface area contributed by atoms with Crippen LogP contribution in [0.15, 0.2) is 4.42 Å². The molecule has 0 amide bonds. The molecule has 1 aliphatic carbocycles. The van der Waals surface area contributed by atoms with Crippen LogP contribution in [-0.2, 0) is 0 Å². The summed E-state index contributed by atoms with van der Waals surface area (Å²) in [6.45, 7) is 6.01. The van der Waals surface area contributed by atoms with Gasteiger partial charge >= 0.3 is 6.01 Å². The van der Waals surface area contributed by atoms with Gasteiger partial charge in [-0.3, -0.25) is 0 Å². The van der Waals surface area contributed by atoms with Crippen LogP contribution in [0.1, 0.15) is 45.0 Å². The van der Waals surface area contributed by atoms with Crippen molar-refractivity contribution in [1.82, 2.24) is 10.2 Å². The molecular formula is C11H20N4O. The summed E-state index contributed by atoms with van der Waals surface area (Å²) in [7, 11) is 0. The number of anilines is 1. The van der Waals surface area contributed by atoms with E-state index in [2.05, 4.69) is 22.0 Å². The Morgan fingerprint density at radius 3 is 2.75 bits per heavy atom. The smallest absolute Gasteiger partial charge is 0.318 e. The average Bonchev–Trinajstić information content (AvgIpc) is 2.92. The van der Waals surface area contributed by atoms with Crippen molar-refractivity contribution >= 4 is 6.01 Å². The lowest BCUT2D eigenvalue weighted by Gasteiger charge is -2.18. The van der Waals surface area contributed by atoms with E-state index in [9.17, 15) is 0 Å². The number of hydrogen-bond donors (Lipinski definition) is 1. The first-order valence-corrected chi connectivity index (χ1v) is 6.04. The van der Waals surface area contributed by atoms with Crippen LogP contribution in [0.25, 0.3) is 0 Å². The van der Waals surface area contributed by atoms with E-state index >= 15 is 0 Å². The maximum absolute atomic E-state index is 5.70. The van der Waals surface area contributed by atoms with Crippen molar-refractivity contribution in [3.63, 3.8) is 0 Å². The van der Waals surface area contributed by atoms with E-state index in [0.717, 1.165) is 25.4 Å². The van der Waals surface area contributed by atoms with Crippen LogP contribution in [0.3, 0.4) is 0 Å². The first kappa shape index (κ1) is 11.4. The predicted molar refractivity (Wildman–Crippen MR) is 62.1 cm³/mol. The maximum atomic E-state index is 5.70. The monoisotopic (exact) mass is 224 g/mol. The summed E-state index contributed by atoms with van der Waals surface area (Å²) in [5.41, 5.74) is 5.70. The molecule has 0 saturated heterocycles. The lowest BCUT2D eigenvalue weighted by molar-refractivity contribution is 0.452. The summed E-state index contributed by atoms with van der Waals surface area (Å²) >= 11 is 0. The largest absolute Gasteiger partial charge is 0.406 e. The minimum Gasteiger partial charge on any atom is -0.406 e. The summed E-state index contributed by atoms with van der Waals surface area (Å²) in [6.07, 6.45) is 3.74. The van der Waals surface area contributed by atoms with Crippen LogP contribution in [-0.4, -0.2) is 23.3 Å². The topological polar surface area (TPSA) is 68.2 Å². The Morgan fingerprint density at radius 1 is 1.50 bits per heavy atom. The van der Waals surface area contributed by atoms with Crippen LogP contribution < -0.4 is 10.6 Å². The fourth-order valence-corrected chi connectivity index (χ4v) is 1.69. The second-order valence-electron chi connectivity index (χ2n) is 4.60. The Kier molecular flexibility index (Phi) is 3.43. The number of rotatable bonds is 6. The molecule has 16 heavy (non-hydrogen) atoms. The van der Waals surface area contributed by atoms with E-state index in [-0.39, 0.29) is 6.04 Å². The Balaban J connectivity index is 2.03. The zero-order chi connectivity index (χ0) is 11.5. The van der Waals surface area contributed by atoms with Crippen molar-refractivity contribution in [3.8, 4) is 0 Å². The van der Waals surface area contributed by atoms with Crippen LogP contribution in [0, 0.1) is 5.92 Å². The zero-order valence-corrected chi connectivity index (χ0v) is 10.0. The van der Waals surface area contributed by atoms with Crippen LogP contribution in [0.4, 0.5) is 6.01 Å². The Hall–Kier alpha value is -1.10. The second kappa shape index (κ2) is 4.82. The third-order valence-electron chi connectivity index (χ3n) is 2.76. The minimum atomic E-state index is -0.189. The fourth-order valence-electron chi connectivity index (χ4n) is 1.69. The van der Waals surface area contributed by atoms with E-state index < -0.39 is 0 Å². The van der Waals surface area contributed by atoms with Gasteiger partial charge in [0.2, 0.25) is 5.89 Å². The van der Waals surface area contributed by atoms with Crippen molar-refractivity contribution in [2.45, 2.75) is 39.2 Å². The van der Waals surface area contributed by atoms with Crippen molar-refractivity contribution in [2.75, 3.05) is 18.0 Å². The molecule has 1 atom stereocenters. The van der Waals surface area contributed by atoms with Gasteiger partial charge in [-0.15, -0.1) is 5.10 Å². The number of hydrogen-bond acceptors (Lipinski definition) is 5. The highest BCUT2D eigenvalue weighted by atomic mass is 16.4. The van der Waals surface area contributed by atoms with Gasteiger partial charge in [0, 0.05) is 13.1 Å². The molecule has 0 radical (unpaired) electrons. The molecule has 1 fully saturated rings. The van der Waals surface area contributed by atoms with Gasteiger partial charge in [-0.05, 0) is 32.1 Å². The van der Waals surface area contributed by atoms with Crippen LogP contribution in [0.2, 0.25) is 0 Å². The molecular weight excluding hydrogens is 204 g/mol. The van der Waals surface area contributed by atoms with Gasteiger partial charge in [0.1, 0.15) is 0 Å². The van der Waals surface area contributed by atoms with Crippen molar-refractivity contribution in [2.24, 2.45) is 11.7 Å². The third kappa shape index (κ3) is 2.72. The molecule has 90 valence electrons. The first-order valence-electron chi connectivity index (χ1n) is 6.04. The molecule has 0 aliphatic heterocycles. The van der Waals surface area contributed by atoms with Gasteiger partial charge in [0.15, 0.2) is 0 Å². The summed E-state index contributed by atoms with van der Waals surface area (Å²) < 4.78 is 5.57. The van der Waals surface area contributed by atoms with E-state index in [4.69, 9.17) is 10.2 Å². The van der Waals surface area contributed by atoms with E-state index in [0.29, 0.717) is 11.9 Å². The standard InChI is InChI=1S/C11H20N4O/c1-3-6-15(7-9-4-5-9)11-14-13-10(16-11)8(2)12/h8-9H,3-7,12H2,1-2H3. The van der Waals surface area contributed by atoms with E-state index in [1.54, 1.807) is 0 Å². The molecule has 5 heteroatoms. The minimum absolute atomic E-state index is 0.189. The highest BCUT2D eigenvalue weighted by molar-refractivity contribution is 5.24. The number of nitrogens with zero attached hydrogens (tertiary/aromatic N) is 3.